The smallest absolute Gasteiger partial charge is 0.341 e. The van der Waals surface area contributed by atoms with E-state index < -0.39 is 29.7 Å². The SMILES string of the molecule is CCOC(=O)c1cc(CC)sc1NC(=O)COC(=O)C[C@@H]1Sc2ccccc2NC1=O. The van der Waals surface area contributed by atoms with E-state index in [1.807, 2.05) is 25.1 Å². The quantitative estimate of drug-likeness (QED) is 0.578. The second kappa shape index (κ2) is 10.5. The Morgan fingerprint density at radius 1 is 1.16 bits per heavy atom. The standard InChI is InChI=1S/C21H22N2O6S2/c1-3-12-9-13(21(27)28-4-2)20(30-12)23-17(24)11-29-18(25)10-16-19(26)22-14-7-5-6-8-15(14)31-16/h5-9,16H,3-4,10-11H2,1-2H3,(H,22,26)(H,23,24)/t16-/m0/s1. The summed E-state index contributed by atoms with van der Waals surface area (Å²) in [6.45, 7) is 3.34. The highest BCUT2D eigenvalue weighted by Crippen LogP contribution is 2.36. The average Bonchev–Trinajstić information content (AvgIpc) is 3.16. The normalized spacial score (nSPS) is 14.9. The number of para-hydroxylation sites is 1. The fourth-order valence-corrected chi connectivity index (χ4v) is 4.91. The van der Waals surface area contributed by atoms with Gasteiger partial charge in [0.05, 0.1) is 29.5 Å². The number of carbonyl (C=O) groups is 4. The fourth-order valence-electron chi connectivity index (χ4n) is 2.82. The molecule has 10 heteroatoms. The highest BCUT2D eigenvalue weighted by atomic mass is 32.2. The number of thiophene rings is 1. The van der Waals surface area contributed by atoms with E-state index >= 15 is 0 Å². The van der Waals surface area contributed by atoms with Crippen LogP contribution in [0.5, 0.6) is 0 Å². The summed E-state index contributed by atoms with van der Waals surface area (Å²) in [5.41, 5.74) is 0.985. The summed E-state index contributed by atoms with van der Waals surface area (Å²) < 4.78 is 10.1. The summed E-state index contributed by atoms with van der Waals surface area (Å²) in [4.78, 5) is 50.5. The summed E-state index contributed by atoms with van der Waals surface area (Å²) >= 11 is 2.55. The van der Waals surface area contributed by atoms with Crippen LogP contribution in [-0.4, -0.2) is 42.2 Å². The van der Waals surface area contributed by atoms with E-state index in [0.717, 1.165) is 9.77 Å². The maximum absolute atomic E-state index is 12.2. The Bertz CT molecular complexity index is 1000. The Morgan fingerprint density at radius 2 is 1.94 bits per heavy atom. The van der Waals surface area contributed by atoms with Crippen LogP contribution in [0.15, 0.2) is 35.2 Å². The molecule has 0 radical (unpaired) electrons. The zero-order valence-corrected chi connectivity index (χ0v) is 18.7. The van der Waals surface area contributed by atoms with Crippen molar-refractivity contribution in [3.05, 3.63) is 40.8 Å². The minimum Gasteiger partial charge on any atom is -0.462 e. The van der Waals surface area contributed by atoms with Crippen molar-refractivity contribution in [1.29, 1.82) is 0 Å². The Balaban J connectivity index is 1.53. The predicted octanol–water partition coefficient (Wildman–Crippen LogP) is 3.47. The Kier molecular flexibility index (Phi) is 7.69. The van der Waals surface area contributed by atoms with Crippen LogP contribution in [0.25, 0.3) is 0 Å². The van der Waals surface area contributed by atoms with Gasteiger partial charge < -0.3 is 20.1 Å². The molecule has 2 aromatic rings. The minimum atomic E-state index is -0.659. The average molecular weight is 463 g/mol. The van der Waals surface area contributed by atoms with Crippen molar-refractivity contribution in [2.24, 2.45) is 0 Å². The first-order chi connectivity index (χ1) is 14.9. The van der Waals surface area contributed by atoms with E-state index in [1.54, 1.807) is 19.1 Å². The van der Waals surface area contributed by atoms with Gasteiger partial charge in [0, 0.05) is 9.77 Å². The third-order valence-electron chi connectivity index (χ3n) is 4.30. The number of nitrogens with one attached hydrogen (secondary N) is 2. The number of rotatable bonds is 8. The van der Waals surface area contributed by atoms with Gasteiger partial charge >= 0.3 is 11.9 Å². The molecule has 1 aliphatic heterocycles. The van der Waals surface area contributed by atoms with Crippen molar-refractivity contribution < 1.29 is 28.7 Å². The lowest BCUT2D eigenvalue weighted by atomic mass is 10.2. The van der Waals surface area contributed by atoms with Crippen LogP contribution in [0.4, 0.5) is 10.7 Å². The number of benzene rings is 1. The van der Waals surface area contributed by atoms with Crippen LogP contribution in [-0.2, 0) is 30.3 Å². The first kappa shape index (κ1) is 22.8. The van der Waals surface area contributed by atoms with E-state index in [9.17, 15) is 19.2 Å². The Hall–Kier alpha value is -2.85. The van der Waals surface area contributed by atoms with E-state index in [4.69, 9.17) is 9.47 Å². The van der Waals surface area contributed by atoms with Gasteiger partial charge in [0.2, 0.25) is 5.91 Å². The maximum atomic E-state index is 12.2. The van der Waals surface area contributed by atoms with Crippen LogP contribution in [0.3, 0.4) is 0 Å². The molecule has 0 saturated heterocycles. The van der Waals surface area contributed by atoms with Crippen LogP contribution in [0, 0.1) is 0 Å². The van der Waals surface area contributed by atoms with Crippen molar-refractivity contribution in [2.45, 2.75) is 36.8 Å². The van der Waals surface area contributed by atoms with Crippen molar-refractivity contribution in [3.63, 3.8) is 0 Å². The number of hydrogen-bond donors (Lipinski definition) is 2. The molecule has 3 rings (SSSR count). The van der Waals surface area contributed by atoms with Gasteiger partial charge in [-0.15, -0.1) is 23.1 Å². The number of anilines is 2. The van der Waals surface area contributed by atoms with Crippen LogP contribution < -0.4 is 10.6 Å². The topological polar surface area (TPSA) is 111 Å². The molecule has 0 saturated carbocycles. The summed E-state index contributed by atoms with van der Waals surface area (Å²) in [6, 6.07) is 9.00. The number of thioether (sulfide) groups is 1. The molecule has 1 atom stereocenters. The molecule has 0 aliphatic carbocycles. The summed E-state index contributed by atoms with van der Waals surface area (Å²) in [7, 11) is 0. The lowest BCUT2D eigenvalue weighted by Crippen LogP contribution is -2.32. The minimum absolute atomic E-state index is 0.162. The molecule has 2 heterocycles. The van der Waals surface area contributed by atoms with Gasteiger partial charge in [0.1, 0.15) is 5.00 Å². The largest absolute Gasteiger partial charge is 0.462 e. The monoisotopic (exact) mass is 462 g/mol. The molecule has 0 fully saturated rings. The number of aryl methyl sites for hydroxylation is 1. The van der Waals surface area contributed by atoms with E-state index in [1.165, 1.54) is 23.1 Å². The van der Waals surface area contributed by atoms with Gasteiger partial charge in [-0.3, -0.25) is 14.4 Å². The lowest BCUT2D eigenvalue weighted by Gasteiger charge is -2.23. The molecular weight excluding hydrogens is 440 g/mol. The van der Waals surface area contributed by atoms with Crippen molar-refractivity contribution in [1.82, 2.24) is 0 Å². The number of fused-ring (bicyclic) bond motifs is 1. The van der Waals surface area contributed by atoms with E-state index in [0.29, 0.717) is 17.1 Å². The molecule has 31 heavy (non-hydrogen) atoms. The van der Waals surface area contributed by atoms with Crippen LogP contribution in [0.1, 0.15) is 35.5 Å². The van der Waals surface area contributed by atoms with Gasteiger partial charge in [0.25, 0.3) is 5.91 Å². The molecular formula is C21H22N2O6S2. The van der Waals surface area contributed by atoms with Gasteiger partial charge in [-0.25, -0.2) is 4.79 Å². The van der Waals surface area contributed by atoms with Gasteiger partial charge in [-0.05, 0) is 31.5 Å². The first-order valence-corrected chi connectivity index (χ1v) is 11.4. The third kappa shape index (κ3) is 5.86. The number of esters is 2. The number of ether oxygens (including phenoxy) is 2. The van der Waals surface area contributed by atoms with Crippen LogP contribution in [0.2, 0.25) is 0 Å². The fraction of sp³-hybridized carbons (Fsp3) is 0.333. The van der Waals surface area contributed by atoms with Crippen LogP contribution >= 0.6 is 23.1 Å². The summed E-state index contributed by atoms with van der Waals surface area (Å²) in [6.07, 6.45) is 0.539. The van der Waals surface area contributed by atoms with Gasteiger partial charge in [-0.1, -0.05) is 19.1 Å². The van der Waals surface area contributed by atoms with Crippen molar-refractivity contribution in [3.8, 4) is 0 Å². The Labute approximate surface area is 187 Å². The van der Waals surface area contributed by atoms with Gasteiger partial charge in [0.15, 0.2) is 6.61 Å². The second-order valence-corrected chi connectivity index (χ2v) is 8.92. The summed E-state index contributed by atoms with van der Waals surface area (Å²) in [5, 5.41) is 5.08. The number of hydrogen-bond acceptors (Lipinski definition) is 8. The molecule has 0 unspecified atom stereocenters. The highest BCUT2D eigenvalue weighted by Gasteiger charge is 2.29. The van der Waals surface area contributed by atoms with Crippen molar-refractivity contribution >= 4 is 57.5 Å². The van der Waals surface area contributed by atoms with Crippen molar-refractivity contribution in [2.75, 3.05) is 23.8 Å². The predicted molar refractivity (Wildman–Crippen MR) is 119 cm³/mol. The number of carbonyl (C=O) groups excluding carboxylic acids is 4. The second-order valence-electron chi connectivity index (χ2n) is 6.53. The van der Waals surface area contributed by atoms with Gasteiger partial charge in [-0.2, -0.15) is 0 Å². The third-order valence-corrected chi connectivity index (χ3v) is 6.77. The molecule has 1 aromatic heterocycles. The molecule has 0 spiro atoms. The molecule has 2 N–H and O–H groups in total. The maximum Gasteiger partial charge on any atom is 0.341 e. The lowest BCUT2D eigenvalue weighted by molar-refractivity contribution is -0.147. The molecule has 8 nitrogen and oxygen atoms in total. The van der Waals surface area contributed by atoms with E-state index in [2.05, 4.69) is 10.6 Å². The summed E-state index contributed by atoms with van der Waals surface area (Å²) in [5.74, 6) is -2.04. The Morgan fingerprint density at radius 3 is 2.68 bits per heavy atom. The zero-order valence-electron chi connectivity index (χ0n) is 17.1. The zero-order chi connectivity index (χ0) is 22.4. The molecule has 1 aliphatic rings. The number of amides is 2. The highest BCUT2D eigenvalue weighted by molar-refractivity contribution is 8.01. The molecule has 164 valence electrons. The molecule has 1 aromatic carbocycles. The first-order valence-electron chi connectivity index (χ1n) is 9.73. The molecule has 0 bridgehead atoms. The molecule has 2 amide bonds. The van der Waals surface area contributed by atoms with E-state index in [-0.39, 0.29) is 24.5 Å².